The lowest BCUT2D eigenvalue weighted by Crippen LogP contribution is -2.40. The molecule has 1 unspecified atom stereocenters. The fraction of sp³-hybridized carbons (Fsp3) is 0.444. The van der Waals surface area contributed by atoms with Gasteiger partial charge in [0.2, 0.25) is 0 Å². The molecule has 2 heterocycles. The molecule has 2 fully saturated rings. The number of aryl methyl sites for hydroxylation is 1. The van der Waals surface area contributed by atoms with Gasteiger partial charge in [-0.05, 0) is 55.4 Å². The third-order valence-corrected chi connectivity index (χ3v) is 5.66. The standard InChI is InChI=1S/C18H20N4O3/c1-12-8-13(22-11-19-10-20-22)2-3-14(12)16(23)21-6-4-18(5-7-21)9-15(18)17(24)25/h2-3,8,10-11,15H,4-7,9H2,1H3,(H,24,25). The van der Waals surface area contributed by atoms with Gasteiger partial charge in [-0.1, -0.05) is 0 Å². The predicted octanol–water partition coefficient (Wildman–Crippen LogP) is 1.90. The van der Waals surface area contributed by atoms with Gasteiger partial charge in [0.25, 0.3) is 5.91 Å². The van der Waals surface area contributed by atoms with E-state index in [1.54, 1.807) is 11.0 Å². The van der Waals surface area contributed by atoms with Crippen LogP contribution in [0.1, 0.15) is 35.2 Å². The summed E-state index contributed by atoms with van der Waals surface area (Å²) in [5.74, 6) is -0.891. The molecule has 1 N–H and O–H groups in total. The maximum atomic E-state index is 12.8. The number of carbonyl (C=O) groups excluding carboxylic acids is 1. The van der Waals surface area contributed by atoms with Crippen molar-refractivity contribution in [2.75, 3.05) is 13.1 Å². The second-order valence-corrected chi connectivity index (χ2v) is 7.09. The Labute approximate surface area is 145 Å². The van der Waals surface area contributed by atoms with Crippen LogP contribution in [0.5, 0.6) is 0 Å². The summed E-state index contributed by atoms with van der Waals surface area (Å²) in [7, 11) is 0. The molecule has 25 heavy (non-hydrogen) atoms. The van der Waals surface area contributed by atoms with Gasteiger partial charge < -0.3 is 10.0 Å². The van der Waals surface area contributed by atoms with Crippen molar-refractivity contribution in [3.8, 4) is 5.69 Å². The molecule has 1 amide bonds. The van der Waals surface area contributed by atoms with Crippen LogP contribution in [-0.2, 0) is 4.79 Å². The fourth-order valence-corrected chi connectivity index (χ4v) is 3.95. The minimum absolute atomic E-state index is 0.0185. The molecule has 1 aliphatic carbocycles. The number of hydrogen-bond acceptors (Lipinski definition) is 4. The van der Waals surface area contributed by atoms with E-state index in [1.165, 1.54) is 6.33 Å². The summed E-state index contributed by atoms with van der Waals surface area (Å²) in [6.07, 6.45) is 5.42. The van der Waals surface area contributed by atoms with Gasteiger partial charge in [0.05, 0.1) is 11.6 Å². The van der Waals surface area contributed by atoms with Gasteiger partial charge >= 0.3 is 5.97 Å². The van der Waals surface area contributed by atoms with E-state index in [0.29, 0.717) is 18.7 Å². The van der Waals surface area contributed by atoms with Gasteiger partial charge in [0.1, 0.15) is 12.7 Å². The van der Waals surface area contributed by atoms with Crippen LogP contribution >= 0.6 is 0 Å². The zero-order valence-electron chi connectivity index (χ0n) is 14.1. The van der Waals surface area contributed by atoms with Crippen molar-refractivity contribution in [1.29, 1.82) is 0 Å². The zero-order chi connectivity index (χ0) is 17.6. The topological polar surface area (TPSA) is 88.3 Å². The van der Waals surface area contributed by atoms with Crippen LogP contribution in [0, 0.1) is 18.3 Å². The number of rotatable bonds is 3. The quantitative estimate of drug-likeness (QED) is 0.922. The van der Waals surface area contributed by atoms with E-state index in [2.05, 4.69) is 10.1 Å². The maximum absolute atomic E-state index is 12.8. The van der Waals surface area contributed by atoms with E-state index in [9.17, 15) is 14.7 Å². The van der Waals surface area contributed by atoms with Crippen LogP contribution < -0.4 is 0 Å². The van der Waals surface area contributed by atoms with E-state index in [1.807, 2.05) is 30.0 Å². The second-order valence-electron chi connectivity index (χ2n) is 7.09. The van der Waals surface area contributed by atoms with Crippen molar-refractivity contribution in [2.45, 2.75) is 26.2 Å². The van der Waals surface area contributed by atoms with Crippen molar-refractivity contribution in [3.05, 3.63) is 42.0 Å². The van der Waals surface area contributed by atoms with Crippen LogP contribution in [-0.4, -0.2) is 49.7 Å². The summed E-state index contributed by atoms with van der Waals surface area (Å²) in [5.41, 5.74) is 2.39. The number of nitrogens with zero attached hydrogens (tertiary/aromatic N) is 4. The molecule has 1 spiro atoms. The number of hydrogen-bond donors (Lipinski definition) is 1. The minimum Gasteiger partial charge on any atom is -0.481 e. The predicted molar refractivity (Wildman–Crippen MR) is 89.4 cm³/mol. The van der Waals surface area contributed by atoms with Gasteiger partial charge in [-0.15, -0.1) is 0 Å². The summed E-state index contributed by atoms with van der Waals surface area (Å²) in [6.45, 7) is 3.18. The molecule has 1 atom stereocenters. The van der Waals surface area contributed by atoms with Gasteiger partial charge in [-0.2, -0.15) is 5.10 Å². The largest absolute Gasteiger partial charge is 0.481 e. The van der Waals surface area contributed by atoms with Crippen LogP contribution in [0.15, 0.2) is 30.9 Å². The molecule has 0 bridgehead atoms. The number of carboxylic acid groups (broad SMARTS) is 1. The molecule has 130 valence electrons. The molecule has 4 rings (SSSR count). The highest BCUT2D eigenvalue weighted by Crippen LogP contribution is 2.59. The Morgan fingerprint density at radius 1 is 1.28 bits per heavy atom. The molecule has 2 aromatic rings. The fourth-order valence-electron chi connectivity index (χ4n) is 3.95. The number of likely N-dealkylation sites (tertiary alicyclic amines) is 1. The first-order chi connectivity index (χ1) is 12.0. The van der Waals surface area contributed by atoms with Gasteiger partial charge in [0, 0.05) is 18.7 Å². The second kappa shape index (κ2) is 5.68. The summed E-state index contributed by atoms with van der Waals surface area (Å²) >= 11 is 0. The first-order valence-electron chi connectivity index (χ1n) is 8.48. The lowest BCUT2D eigenvalue weighted by atomic mass is 9.90. The normalized spacial score (nSPS) is 21.3. The van der Waals surface area contributed by atoms with Crippen molar-refractivity contribution in [1.82, 2.24) is 19.7 Å². The third kappa shape index (κ3) is 2.69. The maximum Gasteiger partial charge on any atom is 0.307 e. The van der Waals surface area contributed by atoms with E-state index in [0.717, 1.165) is 30.5 Å². The number of amides is 1. The Morgan fingerprint density at radius 2 is 2.04 bits per heavy atom. The average Bonchev–Trinajstić information content (AvgIpc) is 3.05. The molecule has 1 aromatic carbocycles. The van der Waals surface area contributed by atoms with Crippen LogP contribution in [0.3, 0.4) is 0 Å². The van der Waals surface area contributed by atoms with E-state index in [4.69, 9.17) is 0 Å². The number of piperidine rings is 1. The average molecular weight is 340 g/mol. The lowest BCUT2D eigenvalue weighted by molar-refractivity contribution is -0.139. The molecular weight excluding hydrogens is 320 g/mol. The Bertz CT molecular complexity index is 823. The lowest BCUT2D eigenvalue weighted by Gasteiger charge is -2.33. The number of aromatic nitrogens is 3. The molecule has 1 saturated carbocycles. The molecule has 2 aliphatic rings. The number of carboxylic acids is 1. The smallest absolute Gasteiger partial charge is 0.307 e. The highest BCUT2D eigenvalue weighted by molar-refractivity contribution is 5.96. The SMILES string of the molecule is Cc1cc(-n2cncn2)ccc1C(=O)N1CCC2(CC1)CC2C(=O)O. The van der Waals surface area contributed by atoms with Crippen molar-refractivity contribution < 1.29 is 14.7 Å². The summed E-state index contributed by atoms with van der Waals surface area (Å²) in [6, 6.07) is 5.62. The molecule has 7 heteroatoms. The number of carbonyl (C=O) groups is 2. The van der Waals surface area contributed by atoms with Crippen molar-refractivity contribution in [2.24, 2.45) is 11.3 Å². The van der Waals surface area contributed by atoms with Crippen LogP contribution in [0.2, 0.25) is 0 Å². The summed E-state index contributed by atoms with van der Waals surface area (Å²) < 4.78 is 1.66. The van der Waals surface area contributed by atoms with E-state index in [-0.39, 0.29) is 17.2 Å². The Kier molecular flexibility index (Phi) is 3.59. The van der Waals surface area contributed by atoms with E-state index < -0.39 is 5.97 Å². The number of aliphatic carboxylic acids is 1. The Hall–Kier alpha value is -2.70. The summed E-state index contributed by atoms with van der Waals surface area (Å²) in [4.78, 5) is 29.8. The first kappa shape index (κ1) is 15.8. The highest BCUT2D eigenvalue weighted by Gasteiger charge is 2.59. The molecule has 1 aliphatic heterocycles. The zero-order valence-corrected chi connectivity index (χ0v) is 14.1. The van der Waals surface area contributed by atoms with Crippen LogP contribution in [0.25, 0.3) is 5.69 Å². The Morgan fingerprint density at radius 3 is 2.60 bits per heavy atom. The van der Waals surface area contributed by atoms with Gasteiger partial charge in [0.15, 0.2) is 0 Å². The molecule has 1 aromatic heterocycles. The molecule has 0 radical (unpaired) electrons. The number of benzene rings is 1. The molecule has 1 saturated heterocycles. The van der Waals surface area contributed by atoms with Crippen molar-refractivity contribution in [3.63, 3.8) is 0 Å². The summed E-state index contributed by atoms with van der Waals surface area (Å²) in [5, 5.41) is 13.3. The van der Waals surface area contributed by atoms with Crippen LogP contribution in [0.4, 0.5) is 0 Å². The first-order valence-corrected chi connectivity index (χ1v) is 8.48. The third-order valence-electron chi connectivity index (χ3n) is 5.66. The monoisotopic (exact) mass is 340 g/mol. The minimum atomic E-state index is -0.695. The van der Waals surface area contributed by atoms with Gasteiger partial charge in [-0.25, -0.2) is 9.67 Å². The highest BCUT2D eigenvalue weighted by atomic mass is 16.4. The van der Waals surface area contributed by atoms with Gasteiger partial charge in [-0.3, -0.25) is 9.59 Å². The van der Waals surface area contributed by atoms with E-state index >= 15 is 0 Å². The van der Waals surface area contributed by atoms with Crippen molar-refractivity contribution >= 4 is 11.9 Å². The Balaban J connectivity index is 1.46. The molecular formula is C18H20N4O3. The molecule has 7 nitrogen and oxygen atoms in total.